The molecule has 1 fully saturated rings. The minimum atomic E-state index is 0.137. The summed E-state index contributed by atoms with van der Waals surface area (Å²) in [7, 11) is 0. The lowest BCUT2D eigenvalue weighted by Crippen LogP contribution is -2.36. The van der Waals surface area contributed by atoms with Gasteiger partial charge in [0, 0.05) is 40.4 Å². The Bertz CT molecular complexity index is 614. The molecular formula is C15H15BrN2O. The number of fused-ring (bicyclic) bond motifs is 1. The molecule has 0 N–H and O–H groups in total. The minimum Gasteiger partial charge on any atom is -0.355 e. The molecule has 1 atom stereocenters. The summed E-state index contributed by atoms with van der Waals surface area (Å²) < 4.78 is 1.08. The Kier molecular flexibility index (Phi) is 3.51. The maximum Gasteiger partial charge on any atom is 0.136 e. The minimum absolute atomic E-state index is 0.137. The first kappa shape index (κ1) is 12.6. The van der Waals surface area contributed by atoms with E-state index >= 15 is 0 Å². The second-order valence-corrected chi connectivity index (χ2v) is 5.81. The highest BCUT2D eigenvalue weighted by Gasteiger charge is 2.21. The Morgan fingerprint density at radius 2 is 2.21 bits per heavy atom. The number of anilines is 1. The summed E-state index contributed by atoms with van der Waals surface area (Å²) >= 11 is 3.58. The molecule has 0 saturated carbocycles. The molecule has 3 nitrogen and oxygen atoms in total. The van der Waals surface area contributed by atoms with E-state index in [-0.39, 0.29) is 5.92 Å². The SMILES string of the molecule is O=CC1CCCN(c2nccc3c(Br)cccc23)C1. The van der Waals surface area contributed by atoms with Crippen LogP contribution in [-0.2, 0) is 4.79 Å². The van der Waals surface area contributed by atoms with Crippen molar-refractivity contribution in [2.24, 2.45) is 5.92 Å². The van der Waals surface area contributed by atoms with Crippen molar-refractivity contribution in [2.75, 3.05) is 18.0 Å². The highest BCUT2D eigenvalue weighted by molar-refractivity contribution is 9.10. The van der Waals surface area contributed by atoms with E-state index in [2.05, 4.69) is 31.9 Å². The molecule has 4 heteroatoms. The third kappa shape index (κ3) is 2.37. The molecule has 1 aliphatic rings. The molecule has 19 heavy (non-hydrogen) atoms. The molecule has 1 aliphatic heterocycles. The van der Waals surface area contributed by atoms with Gasteiger partial charge in [-0.25, -0.2) is 4.98 Å². The van der Waals surface area contributed by atoms with Gasteiger partial charge in [-0.3, -0.25) is 0 Å². The highest BCUT2D eigenvalue weighted by Crippen LogP contribution is 2.31. The van der Waals surface area contributed by atoms with E-state index < -0.39 is 0 Å². The number of benzene rings is 1. The molecule has 2 aromatic rings. The van der Waals surface area contributed by atoms with Crippen LogP contribution in [0.15, 0.2) is 34.9 Å². The highest BCUT2D eigenvalue weighted by atomic mass is 79.9. The summed E-state index contributed by atoms with van der Waals surface area (Å²) in [6.07, 6.45) is 4.96. The van der Waals surface area contributed by atoms with Crippen LogP contribution in [0.1, 0.15) is 12.8 Å². The summed E-state index contributed by atoms with van der Waals surface area (Å²) in [5, 5.41) is 2.31. The molecule has 1 saturated heterocycles. The van der Waals surface area contributed by atoms with Crippen molar-refractivity contribution in [3.8, 4) is 0 Å². The van der Waals surface area contributed by atoms with Crippen molar-refractivity contribution in [1.29, 1.82) is 0 Å². The molecule has 2 heterocycles. The zero-order chi connectivity index (χ0) is 13.2. The number of hydrogen-bond donors (Lipinski definition) is 0. The van der Waals surface area contributed by atoms with E-state index in [0.29, 0.717) is 0 Å². The normalized spacial score (nSPS) is 19.6. The number of carbonyl (C=O) groups is 1. The lowest BCUT2D eigenvalue weighted by atomic mass is 9.99. The summed E-state index contributed by atoms with van der Waals surface area (Å²) in [6, 6.07) is 8.17. The fourth-order valence-corrected chi connectivity index (χ4v) is 3.22. The summed E-state index contributed by atoms with van der Waals surface area (Å²) in [5.74, 6) is 1.13. The number of rotatable bonds is 2. The fourth-order valence-electron chi connectivity index (χ4n) is 2.72. The van der Waals surface area contributed by atoms with Gasteiger partial charge in [-0.2, -0.15) is 0 Å². The Morgan fingerprint density at radius 1 is 1.32 bits per heavy atom. The summed E-state index contributed by atoms with van der Waals surface area (Å²) in [6.45, 7) is 1.76. The van der Waals surface area contributed by atoms with Crippen LogP contribution in [0.5, 0.6) is 0 Å². The Balaban J connectivity index is 2.05. The monoisotopic (exact) mass is 318 g/mol. The van der Waals surface area contributed by atoms with Crippen LogP contribution < -0.4 is 4.90 Å². The van der Waals surface area contributed by atoms with E-state index in [9.17, 15) is 4.79 Å². The van der Waals surface area contributed by atoms with Crippen LogP contribution in [0.25, 0.3) is 10.8 Å². The van der Waals surface area contributed by atoms with E-state index in [1.54, 1.807) is 0 Å². The fraction of sp³-hybridized carbons (Fsp3) is 0.333. The standard InChI is InChI=1S/C15H15BrN2O/c16-14-5-1-4-13-12(14)6-7-17-15(13)18-8-2-3-11(9-18)10-19/h1,4-7,10-11H,2-3,8-9H2. The average molecular weight is 319 g/mol. The van der Waals surface area contributed by atoms with Gasteiger partial charge in [0.15, 0.2) is 0 Å². The summed E-state index contributed by atoms with van der Waals surface area (Å²) in [4.78, 5) is 17.8. The lowest BCUT2D eigenvalue weighted by molar-refractivity contribution is -0.111. The first-order valence-electron chi connectivity index (χ1n) is 6.53. The molecule has 1 aromatic heterocycles. The van der Waals surface area contributed by atoms with Crippen molar-refractivity contribution in [1.82, 2.24) is 4.98 Å². The van der Waals surface area contributed by atoms with Crippen molar-refractivity contribution in [3.05, 3.63) is 34.9 Å². The van der Waals surface area contributed by atoms with E-state index in [1.165, 1.54) is 5.39 Å². The van der Waals surface area contributed by atoms with Crippen molar-refractivity contribution >= 4 is 38.8 Å². The average Bonchev–Trinajstić information content (AvgIpc) is 2.47. The largest absolute Gasteiger partial charge is 0.355 e. The summed E-state index contributed by atoms with van der Waals surface area (Å²) in [5.41, 5.74) is 0. The molecule has 0 radical (unpaired) electrons. The maximum atomic E-state index is 11.0. The van der Waals surface area contributed by atoms with Gasteiger partial charge in [0.05, 0.1) is 0 Å². The van der Waals surface area contributed by atoms with Gasteiger partial charge >= 0.3 is 0 Å². The number of hydrogen-bond acceptors (Lipinski definition) is 3. The van der Waals surface area contributed by atoms with Gasteiger partial charge in [0.2, 0.25) is 0 Å². The number of carbonyl (C=O) groups excluding carboxylic acids is 1. The van der Waals surface area contributed by atoms with Crippen LogP contribution >= 0.6 is 15.9 Å². The number of nitrogens with zero attached hydrogens (tertiary/aromatic N) is 2. The number of aldehydes is 1. The van der Waals surface area contributed by atoms with Gasteiger partial charge in [0.25, 0.3) is 0 Å². The van der Waals surface area contributed by atoms with E-state index in [4.69, 9.17) is 0 Å². The molecule has 0 spiro atoms. The Hall–Kier alpha value is -1.42. The van der Waals surface area contributed by atoms with Gasteiger partial charge < -0.3 is 9.69 Å². The zero-order valence-electron chi connectivity index (χ0n) is 10.6. The number of aromatic nitrogens is 1. The van der Waals surface area contributed by atoms with Gasteiger partial charge in [-0.05, 0) is 25.0 Å². The van der Waals surface area contributed by atoms with Crippen molar-refractivity contribution < 1.29 is 4.79 Å². The lowest BCUT2D eigenvalue weighted by Gasteiger charge is -2.31. The maximum absolute atomic E-state index is 11.0. The zero-order valence-corrected chi connectivity index (χ0v) is 12.1. The molecule has 1 unspecified atom stereocenters. The molecule has 98 valence electrons. The van der Waals surface area contributed by atoms with Crippen LogP contribution in [0.2, 0.25) is 0 Å². The van der Waals surface area contributed by atoms with Gasteiger partial charge in [0.1, 0.15) is 12.1 Å². The Labute approximate surface area is 120 Å². The second-order valence-electron chi connectivity index (χ2n) is 4.95. The smallest absolute Gasteiger partial charge is 0.136 e. The number of pyridine rings is 1. The van der Waals surface area contributed by atoms with Crippen LogP contribution in [-0.4, -0.2) is 24.4 Å². The predicted octanol–water partition coefficient (Wildman–Crippen LogP) is 3.41. The molecular weight excluding hydrogens is 304 g/mol. The second kappa shape index (κ2) is 5.29. The quantitative estimate of drug-likeness (QED) is 0.795. The van der Waals surface area contributed by atoms with Crippen LogP contribution in [0.4, 0.5) is 5.82 Å². The van der Waals surface area contributed by atoms with Crippen molar-refractivity contribution in [3.63, 3.8) is 0 Å². The molecule has 0 amide bonds. The molecule has 3 rings (SSSR count). The molecule has 0 bridgehead atoms. The third-order valence-corrected chi connectivity index (χ3v) is 4.37. The first-order valence-corrected chi connectivity index (χ1v) is 7.32. The number of piperidine rings is 1. The molecule has 1 aromatic carbocycles. The topological polar surface area (TPSA) is 33.2 Å². The number of halogens is 1. The molecule has 0 aliphatic carbocycles. The van der Waals surface area contributed by atoms with E-state index in [0.717, 1.165) is 47.9 Å². The van der Waals surface area contributed by atoms with Crippen molar-refractivity contribution in [2.45, 2.75) is 12.8 Å². The van der Waals surface area contributed by atoms with Gasteiger partial charge in [-0.15, -0.1) is 0 Å². The van der Waals surface area contributed by atoms with E-state index in [1.807, 2.05) is 24.4 Å². The third-order valence-electron chi connectivity index (χ3n) is 3.68. The van der Waals surface area contributed by atoms with Crippen LogP contribution in [0.3, 0.4) is 0 Å². The van der Waals surface area contributed by atoms with Crippen LogP contribution in [0, 0.1) is 5.92 Å². The Morgan fingerprint density at radius 3 is 3.05 bits per heavy atom. The first-order chi connectivity index (χ1) is 9.29. The predicted molar refractivity (Wildman–Crippen MR) is 80.4 cm³/mol. The van der Waals surface area contributed by atoms with Gasteiger partial charge in [-0.1, -0.05) is 28.1 Å².